The Morgan fingerprint density at radius 1 is 1.12 bits per heavy atom. The first-order chi connectivity index (χ1) is 16.4. The number of methoxy groups -OCH3 is 2. The number of anilines is 1. The average molecular weight is 466 g/mol. The topological polar surface area (TPSA) is 85.9 Å². The van der Waals surface area contributed by atoms with Gasteiger partial charge in [-0.1, -0.05) is 6.92 Å². The molecule has 2 aliphatic rings. The molecule has 0 spiro atoms. The number of hydrogen-bond donors (Lipinski definition) is 1. The second kappa shape index (κ2) is 8.42. The summed E-state index contributed by atoms with van der Waals surface area (Å²) in [5, 5.41) is 3.26. The van der Waals surface area contributed by atoms with Gasteiger partial charge in [0.25, 0.3) is 5.91 Å². The number of furan rings is 1. The van der Waals surface area contributed by atoms with Gasteiger partial charge < -0.3 is 23.8 Å². The number of ether oxygens (including phenoxy) is 2. The van der Waals surface area contributed by atoms with Crippen LogP contribution in [0.3, 0.4) is 0 Å². The van der Waals surface area contributed by atoms with Crippen molar-refractivity contribution in [2.45, 2.75) is 57.7 Å². The Kier molecular flexibility index (Phi) is 5.54. The van der Waals surface area contributed by atoms with Crippen molar-refractivity contribution in [3.63, 3.8) is 0 Å². The molecule has 2 aromatic heterocycles. The Morgan fingerprint density at radius 3 is 2.59 bits per heavy atom. The van der Waals surface area contributed by atoms with Crippen molar-refractivity contribution in [2.75, 3.05) is 19.1 Å². The minimum atomic E-state index is -1.20. The van der Waals surface area contributed by atoms with Crippen LogP contribution in [0.25, 0.3) is 11.1 Å². The molecule has 0 unspecified atom stereocenters. The molecule has 0 radical (unpaired) electrons. The number of carbonyl (C=O) groups excluding carboxylic acids is 2. The molecular weight excluding hydrogens is 434 g/mol. The third kappa shape index (κ3) is 3.52. The van der Waals surface area contributed by atoms with Gasteiger partial charge in [-0.05, 0) is 50.7 Å². The Bertz CT molecular complexity index is 1240. The van der Waals surface area contributed by atoms with E-state index in [-0.39, 0.29) is 24.4 Å². The Balaban J connectivity index is 1.61. The van der Waals surface area contributed by atoms with Crippen LogP contribution in [0.2, 0.25) is 0 Å². The highest BCUT2D eigenvalue weighted by Gasteiger charge is 2.50. The molecule has 180 valence electrons. The summed E-state index contributed by atoms with van der Waals surface area (Å²) in [4.78, 5) is 29.5. The molecule has 1 aliphatic heterocycles. The van der Waals surface area contributed by atoms with E-state index in [4.69, 9.17) is 13.9 Å². The first kappa shape index (κ1) is 22.4. The molecule has 1 saturated carbocycles. The summed E-state index contributed by atoms with van der Waals surface area (Å²) >= 11 is 0. The highest BCUT2D eigenvalue weighted by molar-refractivity contribution is 6.14. The average Bonchev–Trinajstić information content (AvgIpc) is 3.43. The number of benzene rings is 1. The van der Waals surface area contributed by atoms with E-state index in [1.165, 1.54) is 0 Å². The van der Waals surface area contributed by atoms with Gasteiger partial charge in [-0.2, -0.15) is 0 Å². The molecule has 1 N–H and O–H groups in total. The molecule has 1 aromatic carbocycles. The molecular formula is C26H31N3O5. The molecule has 8 nitrogen and oxygen atoms in total. The molecule has 5 rings (SSSR count). The van der Waals surface area contributed by atoms with E-state index in [1.807, 2.05) is 17.6 Å². The monoisotopic (exact) mass is 465 g/mol. The van der Waals surface area contributed by atoms with E-state index in [1.54, 1.807) is 49.6 Å². The summed E-state index contributed by atoms with van der Waals surface area (Å²) < 4.78 is 18.5. The SMILES string of the molecule is COc1ccc(OC)c(N2C(=O)c3cc4occc4n3C[C@@]2(C)C(=O)NC2CCC(C)CC2)c1. The molecule has 3 heterocycles. The van der Waals surface area contributed by atoms with Gasteiger partial charge in [0.2, 0.25) is 5.91 Å². The number of hydrogen-bond acceptors (Lipinski definition) is 5. The second-order valence-electron chi connectivity index (χ2n) is 9.67. The highest BCUT2D eigenvalue weighted by atomic mass is 16.5. The van der Waals surface area contributed by atoms with Gasteiger partial charge in [-0.3, -0.25) is 14.5 Å². The number of aromatic nitrogens is 1. The fourth-order valence-corrected chi connectivity index (χ4v) is 5.31. The fraction of sp³-hybridized carbons (Fsp3) is 0.462. The lowest BCUT2D eigenvalue weighted by atomic mass is 9.86. The maximum absolute atomic E-state index is 14.0. The Hall–Kier alpha value is -3.42. The summed E-state index contributed by atoms with van der Waals surface area (Å²) in [7, 11) is 3.12. The summed E-state index contributed by atoms with van der Waals surface area (Å²) in [6, 6.07) is 8.93. The number of carbonyl (C=O) groups is 2. The van der Waals surface area contributed by atoms with Crippen molar-refractivity contribution >= 4 is 28.6 Å². The smallest absolute Gasteiger partial charge is 0.276 e. The predicted molar refractivity (Wildman–Crippen MR) is 129 cm³/mol. The summed E-state index contributed by atoms with van der Waals surface area (Å²) in [5.41, 5.74) is 1.18. The van der Waals surface area contributed by atoms with Gasteiger partial charge in [0, 0.05) is 24.2 Å². The van der Waals surface area contributed by atoms with Crippen LogP contribution in [0.4, 0.5) is 5.69 Å². The minimum Gasteiger partial charge on any atom is -0.497 e. The zero-order valence-corrected chi connectivity index (χ0v) is 20.1. The first-order valence-electron chi connectivity index (χ1n) is 11.8. The van der Waals surface area contributed by atoms with Crippen LogP contribution >= 0.6 is 0 Å². The first-order valence-corrected chi connectivity index (χ1v) is 11.8. The van der Waals surface area contributed by atoms with Crippen molar-refractivity contribution in [2.24, 2.45) is 5.92 Å². The molecule has 0 saturated heterocycles. The van der Waals surface area contributed by atoms with Crippen LogP contribution in [-0.2, 0) is 11.3 Å². The number of fused-ring (bicyclic) bond motifs is 3. The highest BCUT2D eigenvalue weighted by Crippen LogP contribution is 2.42. The number of nitrogens with one attached hydrogen (secondary N) is 1. The van der Waals surface area contributed by atoms with Crippen molar-refractivity contribution in [3.05, 3.63) is 42.3 Å². The normalized spacial score (nSPS) is 24.7. The lowest BCUT2D eigenvalue weighted by Gasteiger charge is -2.45. The van der Waals surface area contributed by atoms with Crippen molar-refractivity contribution < 1.29 is 23.5 Å². The molecule has 1 atom stereocenters. The summed E-state index contributed by atoms with van der Waals surface area (Å²) in [5.74, 6) is 1.26. The largest absolute Gasteiger partial charge is 0.497 e. The van der Waals surface area contributed by atoms with E-state index in [0.717, 1.165) is 31.2 Å². The van der Waals surface area contributed by atoms with Crippen molar-refractivity contribution in [3.8, 4) is 11.5 Å². The molecule has 3 aromatic rings. The third-order valence-electron chi connectivity index (χ3n) is 7.37. The van der Waals surface area contributed by atoms with Gasteiger partial charge in [0.1, 0.15) is 22.7 Å². The van der Waals surface area contributed by atoms with Gasteiger partial charge >= 0.3 is 0 Å². The fourth-order valence-electron chi connectivity index (χ4n) is 5.31. The lowest BCUT2D eigenvalue weighted by molar-refractivity contribution is -0.127. The Labute approximate surface area is 198 Å². The standard InChI is InChI=1S/C26H31N3O5/c1-16-5-7-17(8-6-16)27-25(31)26(2)15-28-19-11-12-34-23(19)14-21(28)24(30)29(26)20-13-18(32-3)9-10-22(20)33-4/h9-14,16-17H,5-8,15H2,1-4H3,(H,27,31)/t16?,17?,26-/m0/s1. The van der Waals surface area contributed by atoms with Gasteiger partial charge in [-0.15, -0.1) is 0 Å². The van der Waals surface area contributed by atoms with E-state index in [2.05, 4.69) is 12.2 Å². The van der Waals surface area contributed by atoms with E-state index in [0.29, 0.717) is 34.4 Å². The second-order valence-corrected chi connectivity index (χ2v) is 9.67. The predicted octanol–water partition coefficient (Wildman–Crippen LogP) is 4.37. The quantitative estimate of drug-likeness (QED) is 0.605. The van der Waals surface area contributed by atoms with E-state index in [9.17, 15) is 9.59 Å². The van der Waals surface area contributed by atoms with Crippen LogP contribution in [0.1, 0.15) is 50.0 Å². The van der Waals surface area contributed by atoms with Gasteiger partial charge in [0.15, 0.2) is 5.58 Å². The molecule has 1 fully saturated rings. The third-order valence-corrected chi connectivity index (χ3v) is 7.37. The van der Waals surface area contributed by atoms with Crippen LogP contribution in [-0.4, -0.2) is 42.2 Å². The molecule has 2 amide bonds. The lowest BCUT2D eigenvalue weighted by Crippen LogP contribution is -2.65. The number of amides is 2. The van der Waals surface area contributed by atoms with Gasteiger partial charge in [0.05, 0.1) is 38.2 Å². The van der Waals surface area contributed by atoms with E-state index >= 15 is 0 Å². The minimum absolute atomic E-state index is 0.102. The maximum Gasteiger partial charge on any atom is 0.276 e. The van der Waals surface area contributed by atoms with Crippen LogP contribution < -0.4 is 19.7 Å². The summed E-state index contributed by atoms with van der Waals surface area (Å²) in [6.45, 7) is 4.35. The van der Waals surface area contributed by atoms with E-state index < -0.39 is 5.54 Å². The molecule has 1 aliphatic carbocycles. The van der Waals surface area contributed by atoms with Crippen molar-refractivity contribution in [1.29, 1.82) is 0 Å². The maximum atomic E-state index is 14.0. The van der Waals surface area contributed by atoms with Crippen LogP contribution in [0, 0.1) is 5.92 Å². The number of rotatable bonds is 5. The zero-order valence-electron chi connectivity index (χ0n) is 20.1. The zero-order chi connectivity index (χ0) is 24.0. The number of nitrogens with zero attached hydrogens (tertiary/aromatic N) is 2. The Morgan fingerprint density at radius 2 is 1.88 bits per heavy atom. The molecule has 8 heteroatoms. The van der Waals surface area contributed by atoms with Gasteiger partial charge in [-0.25, -0.2) is 0 Å². The summed E-state index contributed by atoms with van der Waals surface area (Å²) in [6.07, 6.45) is 5.66. The van der Waals surface area contributed by atoms with Crippen molar-refractivity contribution in [1.82, 2.24) is 9.88 Å². The molecule has 0 bridgehead atoms. The van der Waals surface area contributed by atoms with Crippen LogP contribution in [0.15, 0.2) is 41.0 Å². The molecule has 34 heavy (non-hydrogen) atoms. The van der Waals surface area contributed by atoms with Crippen LogP contribution in [0.5, 0.6) is 11.5 Å².